The summed E-state index contributed by atoms with van der Waals surface area (Å²) >= 11 is 0. The highest BCUT2D eigenvalue weighted by molar-refractivity contribution is 5.86. The third-order valence-corrected chi connectivity index (χ3v) is 2.41. The first-order chi connectivity index (χ1) is 8.04. The van der Waals surface area contributed by atoms with Gasteiger partial charge in [0, 0.05) is 12.6 Å². The molecule has 7 nitrogen and oxygen atoms in total. The summed E-state index contributed by atoms with van der Waals surface area (Å²) in [6.45, 7) is 1.66. The second kappa shape index (κ2) is 6.00. The highest BCUT2D eigenvalue weighted by Crippen LogP contribution is 1.99. The van der Waals surface area contributed by atoms with Crippen LogP contribution in [0.2, 0.25) is 0 Å². The molecule has 1 rings (SSSR count). The van der Waals surface area contributed by atoms with E-state index < -0.39 is 18.1 Å². The van der Waals surface area contributed by atoms with Crippen molar-refractivity contribution in [3.8, 4) is 0 Å². The number of imidazole rings is 1. The van der Waals surface area contributed by atoms with Crippen LogP contribution in [0, 0.1) is 0 Å². The monoisotopic (exact) mass is 240 g/mol. The lowest BCUT2D eigenvalue weighted by Crippen LogP contribution is -2.49. The zero-order valence-corrected chi connectivity index (χ0v) is 9.73. The van der Waals surface area contributed by atoms with E-state index in [-0.39, 0.29) is 12.3 Å². The van der Waals surface area contributed by atoms with Gasteiger partial charge in [0.1, 0.15) is 6.04 Å². The maximum atomic E-state index is 11.6. The number of carbonyl (C=O) groups excluding carboxylic acids is 1. The zero-order chi connectivity index (χ0) is 12.8. The Kier molecular flexibility index (Phi) is 4.65. The van der Waals surface area contributed by atoms with E-state index >= 15 is 0 Å². The molecule has 0 fully saturated rings. The Morgan fingerprint density at radius 2 is 2.29 bits per heavy atom. The van der Waals surface area contributed by atoms with Crippen LogP contribution < -0.4 is 10.6 Å². The Labute approximate surface area is 98.6 Å². The third-order valence-electron chi connectivity index (χ3n) is 2.41. The molecule has 0 saturated carbocycles. The van der Waals surface area contributed by atoms with Crippen molar-refractivity contribution < 1.29 is 14.7 Å². The molecule has 0 spiro atoms. The van der Waals surface area contributed by atoms with Gasteiger partial charge in [0.05, 0.1) is 18.1 Å². The summed E-state index contributed by atoms with van der Waals surface area (Å²) in [5.74, 6) is -1.43. The minimum Gasteiger partial charge on any atom is -0.480 e. The Hall–Kier alpha value is -1.89. The first-order valence-electron chi connectivity index (χ1n) is 5.22. The van der Waals surface area contributed by atoms with Gasteiger partial charge in [0.25, 0.3) is 0 Å². The fraction of sp³-hybridized carbons (Fsp3) is 0.500. The largest absolute Gasteiger partial charge is 0.480 e. The van der Waals surface area contributed by atoms with E-state index in [1.807, 2.05) is 0 Å². The van der Waals surface area contributed by atoms with Crippen molar-refractivity contribution in [1.82, 2.24) is 20.6 Å². The van der Waals surface area contributed by atoms with Crippen molar-refractivity contribution in [2.45, 2.75) is 25.4 Å². The van der Waals surface area contributed by atoms with E-state index in [1.165, 1.54) is 6.33 Å². The van der Waals surface area contributed by atoms with Crippen molar-refractivity contribution in [2.24, 2.45) is 0 Å². The number of aromatic nitrogens is 2. The number of carbonyl (C=O) groups is 2. The summed E-state index contributed by atoms with van der Waals surface area (Å²) in [4.78, 5) is 29.2. The number of hydrogen-bond acceptors (Lipinski definition) is 4. The van der Waals surface area contributed by atoms with Gasteiger partial charge in [-0.25, -0.2) is 9.78 Å². The minimum absolute atomic E-state index is 0.154. The number of carboxylic acids is 1. The normalized spacial score (nSPS) is 14.0. The third kappa shape index (κ3) is 3.87. The smallest absolute Gasteiger partial charge is 0.326 e. The summed E-state index contributed by atoms with van der Waals surface area (Å²) in [6.07, 6.45) is 3.22. The maximum Gasteiger partial charge on any atom is 0.326 e. The molecule has 0 aliphatic rings. The van der Waals surface area contributed by atoms with E-state index in [4.69, 9.17) is 5.11 Å². The second-order valence-corrected chi connectivity index (χ2v) is 3.67. The fourth-order valence-electron chi connectivity index (χ4n) is 1.24. The number of H-pyrrole nitrogens is 1. The van der Waals surface area contributed by atoms with E-state index in [1.54, 1.807) is 20.2 Å². The molecule has 1 unspecified atom stereocenters. The highest BCUT2D eigenvalue weighted by atomic mass is 16.4. The quantitative estimate of drug-likeness (QED) is 0.517. The van der Waals surface area contributed by atoms with Crippen LogP contribution in [-0.2, 0) is 16.0 Å². The van der Waals surface area contributed by atoms with Gasteiger partial charge in [0.2, 0.25) is 5.91 Å². The topological polar surface area (TPSA) is 107 Å². The number of aromatic amines is 1. The molecule has 1 aromatic heterocycles. The molecule has 2 atom stereocenters. The molecule has 0 saturated heterocycles. The van der Waals surface area contributed by atoms with Crippen LogP contribution in [0.3, 0.4) is 0 Å². The molecule has 4 N–H and O–H groups in total. The predicted octanol–water partition coefficient (Wildman–Crippen LogP) is -0.870. The lowest BCUT2D eigenvalue weighted by atomic mass is 10.1. The fourth-order valence-corrected chi connectivity index (χ4v) is 1.24. The van der Waals surface area contributed by atoms with E-state index in [0.717, 1.165) is 0 Å². The highest BCUT2D eigenvalue weighted by Gasteiger charge is 2.23. The van der Waals surface area contributed by atoms with Crippen LogP contribution in [0.5, 0.6) is 0 Å². The molecule has 0 bridgehead atoms. The molecule has 0 aromatic carbocycles. The Morgan fingerprint density at radius 3 is 2.76 bits per heavy atom. The summed E-state index contributed by atoms with van der Waals surface area (Å²) in [6, 6.07) is -1.40. The molecule has 1 amide bonds. The second-order valence-electron chi connectivity index (χ2n) is 3.67. The van der Waals surface area contributed by atoms with Gasteiger partial charge in [-0.2, -0.15) is 0 Å². The van der Waals surface area contributed by atoms with Crippen LogP contribution in [0.15, 0.2) is 12.5 Å². The SMILES string of the molecule is CNC(C)C(=O)N[C@@H](Cc1c[nH]cn1)C(=O)O. The van der Waals surface area contributed by atoms with Crippen molar-refractivity contribution in [1.29, 1.82) is 0 Å². The van der Waals surface area contributed by atoms with Crippen LogP contribution >= 0.6 is 0 Å². The molecule has 0 aliphatic heterocycles. The number of rotatable bonds is 6. The summed E-state index contributed by atoms with van der Waals surface area (Å²) in [5, 5.41) is 14.2. The van der Waals surface area contributed by atoms with Crippen molar-refractivity contribution in [3.63, 3.8) is 0 Å². The Bertz CT molecular complexity index is 377. The van der Waals surface area contributed by atoms with Crippen LogP contribution in [0.25, 0.3) is 0 Å². The van der Waals surface area contributed by atoms with E-state index in [0.29, 0.717) is 5.69 Å². The van der Waals surface area contributed by atoms with Crippen LogP contribution in [0.4, 0.5) is 0 Å². The molecular weight excluding hydrogens is 224 g/mol. The van der Waals surface area contributed by atoms with Gasteiger partial charge in [0.15, 0.2) is 0 Å². The summed E-state index contributed by atoms with van der Waals surface area (Å²) < 4.78 is 0. The number of carboxylic acid groups (broad SMARTS) is 1. The van der Waals surface area contributed by atoms with Gasteiger partial charge in [-0.3, -0.25) is 4.79 Å². The molecule has 1 aromatic rings. The molecule has 0 aliphatic carbocycles. The number of hydrogen-bond donors (Lipinski definition) is 4. The van der Waals surface area contributed by atoms with Crippen molar-refractivity contribution in [3.05, 3.63) is 18.2 Å². The van der Waals surface area contributed by atoms with Gasteiger partial charge in [-0.15, -0.1) is 0 Å². The van der Waals surface area contributed by atoms with Gasteiger partial charge in [-0.05, 0) is 14.0 Å². The molecule has 0 radical (unpaired) electrons. The standard InChI is InChI=1S/C10H16N4O3/c1-6(11-2)9(15)14-8(10(16)17)3-7-4-12-5-13-7/h4-6,8,11H,3H2,1-2H3,(H,12,13)(H,14,15)(H,16,17)/t6?,8-/m0/s1. The average molecular weight is 240 g/mol. The van der Waals surface area contributed by atoms with Crippen molar-refractivity contribution >= 4 is 11.9 Å². The van der Waals surface area contributed by atoms with Crippen molar-refractivity contribution in [2.75, 3.05) is 7.05 Å². The number of nitrogens with zero attached hydrogens (tertiary/aromatic N) is 1. The lowest BCUT2D eigenvalue weighted by Gasteiger charge is -2.16. The maximum absolute atomic E-state index is 11.6. The molecule has 94 valence electrons. The lowest BCUT2D eigenvalue weighted by molar-refractivity contribution is -0.142. The molecular formula is C10H16N4O3. The summed E-state index contributed by atoms with van der Waals surface area (Å²) in [5.41, 5.74) is 0.592. The van der Waals surface area contributed by atoms with E-state index in [2.05, 4.69) is 20.6 Å². The molecule has 17 heavy (non-hydrogen) atoms. The number of likely N-dealkylation sites (N-methyl/N-ethyl adjacent to an activating group) is 1. The van der Waals surface area contributed by atoms with Gasteiger partial charge < -0.3 is 20.7 Å². The Balaban J connectivity index is 2.61. The van der Waals surface area contributed by atoms with Gasteiger partial charge in [-0.1, -0.05) is 0 Å². The van der Waals surface area contributed by atoms with Gasteiger partial charge >= 0.3 is 5.97 Å². The first-order valence-corrected chi connectivity index (χ1v) is 5.22. The Morgan fingerprint density at radius 1 is 1.59 bits per heavy atom. The predicted molar refractivity (Wildman–Crippen MR) is 60.4 cm³/mol. The molecule has 7 heteroatoms. The van der Waals surface area contributed by atoms with E-state index in [9.17, 15) is 9.59 Å². The number of nitrogens with one attached hydrogen (secondary N) is 3. The zero-order valence-electron chi connectivity index (χ0n) is 9.73. The first kappa shape index (κ1) is 13.2. The molecule has 1 heterocycles. The number of amides is 1. The minimum atomic E-state index is -1.08. The average Bonchev–Trinajstić information content (AvgIpc) is 2.79. The summed E-state index contributed by atoms with van der Waals surface area (Å²) in [7, 11) is 1.63. The van der Waals surface area contributed by atoms with Crippen LogP contribution in [0.1, 0.15) is 12.6 Å². The van der Waals surface area contributed by atoms with Crippen LogP contribution in [-0.4, -0.2) is 46.1 Å². The number of aliphatic carboxylic acids is 1.